The minimum absolute atomic E-state index is 0.105. The van der Waals surface area contributed by atoms with Crippen LogP contribution >= 0.6 is 7.75 Å². The summed E-state index contributed by atoms with van der Waals surface area (Å²) in [6, 6.07) is 13.8. The van der Waals surface area contributed by atoms with Crippen LogP contribution < -0.4 is 14.9 Å². The second-order valence-electron chi connectivity index (χ2n) is 10.7. The molecule has 0 aliphatic carbocycles. The zero-order valence-electron chi connectivity index (χ0n) is 24.6. The lowest BCUT2D eigenvalue weighted by molar-refractivity contribution is -0.149. The number of esters is 2. The number of carbonyl (C=O) groups excluding carboxylic acids is 4. The summed E-state index contributed by atoms with van der Waals surface area (Å²) in [5.74, 6) is -2.00. The van der Waals surface area contributed by atoms with Crippen molar-refractivity contribution in [2.45, 2.75) is 70.4 Å². The SMILES string of the molecule is CC(C)OC(=O)[C@H](C)NP(=O)(OC[C@H]1O[C@@H](N2CCC(=O)NC2=O)[C@](C)(F)[C@@H]1OC(=O)c1ccccc1)Oc1ccccc1. The number of alkyl halides is 1. The van der Waals surface area contributed by atoms with Gasteiger partial charge in [0.2, 0.25) is 5.91 Å². The van der Waals surface area contributed by atoms with Crippen LogP contribution in [0.4, 0.5) is 9.18 Å². The predicted molar refractivity (Wildman–Crippen MR) is 153 cm³/mol. The lowest BCUT2D eigenvalue weighted by Crippen LogP contribution is -2.59. The first kappa shape index (κ1) is 33.1. The number of imide groups is 1. The molecule has 2 aromatic carbocycles. The summed E-state index contributed by atoms with van der Waals surface area (Å²) in [7, 11) is -4.41. The molecular weight excluding hydrogens is 600 g/mol. The maximum Gasteiger partial charge on any atom is 0.459 e. The highest BCUT2D eigenvalue weighted by atomic mass is 31.2. The molecule has 15 heteroatoms. The number of rotatable bonds is 12. The first-order chi connectivity index (χ1) is 20.8. The maximum absolute atomic E-state index is 16.6. The molecule has 4 rings (SSSR count). The molecule has 44 heavy (non-hydrogen) atoms. The Morgan fingerprint density at radius 2 is 1.75 bits per heavy atom. The molecule has 2 N–H and O–H groups in total. The van der Waals surface area contributed by atoms with Gasteiger partial charge >= 0.3 is 25.7 Å². The van der Waals surface area contributed by atoms with Crippen LogP contribution in [0.15, 0.2) is 60.7 Å². The van der Waals surface area contributed by atoms with Crippen LogP contribution in [0, 0.1) is 0 Å². The lowest BCUT2D eigenvalue weighted by atomic mass is 9.97. The number of nitrogens with one attached hydrogen (secondary N) is 2. The van der Waals surface area contributed by atoms with Gasteiger partial charge in [-0.1, -0.05) is 36.4 Å². The summed E-state index contributed by atoms with van der Waals surface area (Å²) in [4.78, 5) is 50.8. The number of hydrogen-bond acceptors (Lipinski definition) is 10. The molecular formula is C29H35FN3O10P. The molecule has 2 heterocycles. The number of benzene rings is 2. The van der Waals surface area contributed by atoms with E-state index in [-0.39, 0.29) is 24.3 Å². The van der Waals surface area contributed by atoms with E-state index in [1.807, 2.05) is 0 Å². The molecule has 13 nitrogen and oxygen atoms in total. The number of urea groups is 1. The number of amides is 3. The van der Waals surface area contributed by atoms with Crippen LogP contribution in [0.5, 0.6) is 5.75 Å². The number of para-hydroxylation sites is 1. The van der Waals surface area contributed by atoms with Gasteiger partial charge in [-0.05, 0) is 52.0 Å². The Balaban J connectivity index is 1.60. The fourth-order valence-corrected chi connectivity index (χ4v) is 6.14. The van der Waals surface area contributed by atoms with E-state index in [1.165, 1.54) is 31.2 Å². The van der Waals surface area contributed by atoms with Gasteiger partial charge in [-0.2, -0.15) is 5.09 Å². The molecule has 0 aromatic heterocycles. The van der Waals surface area contributed by atoms with Crippen molar-refractivity contribution in [2.75, 3.05) is 13.2 Å². The van der Waals surface area contributed by atoms with Gasteiger partial charge in [0.25, 0.3) is 0 Å². The van der Waals surface area contributed by atoms with E-state index >= 15 is 4.39 Å². The Morgan fingerprint density at radius 3 is 2.36 bits per heavy atom. The summed E-state index contributed by atoms with van der Waals surface area (Å²) >= 11 is 0. The predicted octanol–water partition coefficient (Wildman–Crippen LogP) is 3.74. The van der Waals surface area contributed by atoms with Crippen LogP contribution in [-0.4, -0.2) is 78.2 Å². The number of nitrogens with zero attached hydrogens (tertiary/aromatic N) is 1. The molecule has 2 aliphatic rings. The summed E-state index contributed by atoms with van der Waals surface area (Å²) in [6.07, 6.45) is -5.25. The second kappa shape index (κ2) is 13.9. The van der Waals surface area contributed by atoms with Crippen molar-refractivity contribution < 1.29 is 51.4 Å². The van der Waals surface area contributed by atoms with Crippen LogP contribution in [-0.2, 0) is 32.9 Å². The van der Waals surface area contributed by atoms with E-state index in [0.29, 0.717) is 0 Å². The number of halogens is 1. The van der Waals surface area contributed by atoms with E-state index in [1.54, 1.807) is 50.2 Å². The molecule has 3 amide bonds. The highest BCUT2D eigenvalue weighted by Gasteiger charge is 2.60. The highest BCUT2D eigenvalue weighted by Crippen LogP contribution is 2.47. The minimum atomic E-state index is -4.41. The smallest absolute Gasteiger partial charge is 0.459 e. The van der Waals surface area contributed by atoms with E-state index in [9.17, 15) is 23.7 Å². The first-order valence-electron chi connectivity index (χ1n) is 14.0. The van der Waals surface area contributed by atoms with E-state index < -0.39 is 74.5 Å². The van der Waals surface area contributed by atoms with Gasteiger partial charge in [-0.3, -0.25) is 24.3 Å². The Kier molecular flexibility index (Phi) is 10.4. The molecule has 2 saturated heterocycles. The van der Waals surface area contributed by atoms with Crippen LogP contribution in [0.2, 0.25) is 0 Å². The van der Waals surface area contributed by atoms with Gasteiger partial charge in [0.15, 0.2) is 18.0 Å². The third kappa shape index (κ3) is 8.00. The molecule has 0 saturated carbocycles. The van der Waals surface area contributed by atoms with Crippen LogP contribution in [0.25, 0.3) is 0 Å². The minimum Gasteiger partial charge on any atom is -0.462 e. The Morgan fingerprint density at radius 1 is 1.11 bits per heavy atom. The Bertz CT molecular complexity index is 1390. The second-order valence-corrected chi connectivity index (χ2v) is 12.4. The summed E-state index contributed by atoms with van der Waals surface area (Å²) in [5.41, 5.74) is -2.38. The Hall–Kier alpha value is -3.84. The van der Waals surface area contributed by atoms with Gasteiger partial charge in [0.1, 0.15) is 17.9 Å². The van der Waals surface area contributed by atoms with Crippen molar-refractivity contribution >= 4 is 31.6 Å². The molecule has 6 atom stereocenters. The summed E-state index contributed by atoms with van der Waals surface area (Å²) < 4.78 is 58.6. The molecule has 2 aromatic rings. The van der Waals surface area contributed by atoms with Crippen molar-refractivity contribution in [2.24, 2.45) is 0 Å². The zero-order chi connectivity index (χ0) is 32.1. The average Bonchev–Trinajstić information content (AvgIpc) is 3.21. The summed E-state index contributed by atoms with van der Waals surface area (Å²) in [5, 5.41) is 4.64. The fraction of sp³-hybridized carbons (Fsp3) is 0.448. The normalized spacial score (nSPS) is 25.6. The van der Waals surface area contributed by atoms with Crippen LogP contribution in [0.3, 0.4) is 0 Å². The van der Waals surface area contributed by atoms with E-state index in [0.717, 1.165) is 11.8 Å². The topological polar surface area (TPSA) is 159 Å². The number of carbonyl (C=O) groups is 4. The molecule has 0 spiro atoms. The van der Waals surface area contributed by atoms with Crippen molar-refractivity contribution in [1.82, 2.24) is 15.3 Å². The largest absolute Gasteiger partial charge is 0.462 e. The van der Waals surface area contributed by atoms with E-state index in [4.69, 9.17) is 23.3 Å². The highest BCUT2D eigenvalue weighted by molar-refractivity contribution is 7.52. The van der Waals surface area contributed by atoms with E-state index in [2.05, 4.69) is 10.4 Å². The third-order valence-electron chi connectivity index (χ3n) is 6.73. The van der Waals surface area contributed by atoms with Gasteiger partial charge in [0, 0.05) is 13.0 Å². The number of ether oxygens (including phenoxy) is 3. The van der Waals surface area contributed by atoms with Crippen LogP contribution in [0.1, 0.15) is 44.5 Å². The first-order valence-corrected chi connectivity index (χ1v) is 15.5. The molecule has 0 bridgehead atoms. The number of hydrogen-bond donors (Lipinski definition) is 2. The molecule has 1 unspecified atom stereocenters. The van der Waals surface area contributed by atoms with Crippen molar-refractivity contribution in [1.29, 1.82) is 0 Å². The third-order valence-corrected chi connectivity index (χ3v) is 8.37. The van der Waals surface area contributed by atoms with Gasteiger partial charge in [0.05, 0.1) is 18.3 Å². The van der Waals surface area contributed by atoms with Gasteiger partial charge < -0.3 is 18.7 Å². The van der Waals surface area contributed by atoms with Crippen molar-refractivity contribution in [3.05, 3.63) is 66.2 Å². The van der Waals surface area contributed by atoms with Gasteiger partial charge in [-0.25, -0.2) is 18.5 Å². The lowest BCUT2D eigenvalue weighted by Gasteiger charge is -2.36. The molecule has 2 fully saturated rings. The van der Waals surface area contributed by atoms with Crippen molar-refractivity contribution in [3.63, 3.8) is 0 Å². The standard InChI is InChI=1S/C29H35FN3O10P/c1-18(2)40-25(35)19(3)32-44(38,43-21-13-9-6-10-14-21)39-17-22-24(42-26(36)20-11-7-5-8-12-20)29(4,30)27(41-22)33-16-15-23(34)31-28(33)37/h5-14,18-19,22,24,27H,15-17H2,1-4H3,(H,32,38)(H,31,34,37)/t19-,22+,24+,27+,29+,44?/m0/s1. The summed E-state index contributed by atoms with van der Waals surface area (Å²) in [6.45, 7) is 4.97. The fourth-order valence-electron chi connectivity index (χ4n) is 4.63. The van der Waals surface area contributed by atoms with Gasteiger partial charge in [-0.15, -0.1) is 0 Å². The molecule has 238 valence electrons. The molecule has 0 radical (unpaired) electrons. The Labute approximate surface area is 253 Å². The molecule has 2 aliphatic heterocycles. The zero-order valence-corrected chi connectivity index (χ0v) is 25.5. The quantitative estimate of drug-likeness (QED) is 0.259. The maximum atomic E-state index is 16.6. The monoisotopic (exact) mass is 635 g/mol. The van der Waals surface area contributed by atoms with Crippen molar-refractivity contribution in [3.8, 4) is 5.75 Å². The average molecular weight is 636 g/mol.